The van der Waals surface area contributed by atoms with Gasteiger partial charge in [0.25, 0.3) is 5.91 Å². The molecule has 0 radical (unpaired) electrons. The summed E-state index contributed by atoms with van der Waals surface area (Å²) >= 11 is 0. The molecule has 3 rings (SSSR count). The predicted molar refractivity (Wildman–Crippen MR) is 168 cm³/mol. The van der Waals surface area contributed by atoms with Gasteiger partial charge in [0.2, 0.25) is 11.8 Å². The van der Waals surface area contributed by atoms with E-state index in [-0.39, 0.29) is 56.4 Å². The third-order valence-corrected chi connectivity index (χ3v) is 7.59. The van der Waals surface area contributed by atoms with Crippen LogP contribution in [0.5, 0.6) is 5.88 Å². The van der Waals surface area contributed by atoms with Crippen molar-refractivity contribution in [2.24, 2.45) is 0 Å². The van der Waals surface area contributed by atoms with E-state index in [9.17, 15) is 24.3 Å². The van der Waals surface area contributed by atoms with Gasteiger partial charge in [-0.05, 0) is 25.9 Å². The molecule has 0 bridgehead atoms. The van der Waals surface area contributed by atoms with E-state index in [1.54, 1.807) is 4.90 Å². The Balaban J connectivity index is 1.73. The molecule has 3 amide bonds. The van der Waals surface area contributed by atoms with Crippen molar-refractivity contribution in [3.05, 3.63) is 42.1 Å². The minimum Gasteiger partial charge on any atom is -0.481 e. The van der Waals surface area contributed by atoms with Crippen molar-refractivity contribution >= 4 is 23.9 Å². The van der Waals surface area contributed by atoms with E-state index < -0.39 is 29.9 Å². The van der Waals surface area contributed by atoms with Gasteiger partial charge < -0.3 is 34.6 Å². The number of aromatic nitrogens is 2. The highest BCUT2D eigenvalue weighted by Crippen LogP contribution is 2.20. The number of amides is 3. The van der Waals surface area contributed by atoms with Crippen molar-refractivity contribution < 1.29 is 33.8 Å². The zero-order valence-electron chi connectivity index (χ0n) is 26.6. The highest BCUT2D eigenvalue weighted by atomic mass is 16.6. The summed E-state index contributed by atoms with van der Waals surface area (Å²) in [4.78, 5) is 65.1. The summed E-state index contributed by atoms with van der Waals surface area (Å²) < 4.78 is 11.2. The molecule has 1 fully saturated rings. The van der Waals surface area contributed by atoms with Crippen molar-refractivity contribution in [3.63, 3.8) is 0 Å². The lowest BCUT2D eigenvalue weighted by atomic mass is 10.1. The van der Waals surface area contributed by atoms with E-state index in [1.165, 1.54) is 11.0 Å². The Morgan fingerprint density at radius 3 is 2.29 bits per heavy atom. The summed E-state index contributed by atoms with van der Waals surface area (Å²) in [6.45, 7) is 10.3. The van der Waals surface area contributed by atoms with Crippen LogP contribution < -0.4 is 10.1 Å². The maximum Gasteiger partial charge on any atom is 0.409 e. The van der Waals surface area contributed by atoms with E-state index in [1.807, 2.05) is 30.3 Å². The number of benzene rings is 1. The minimum atomic E-state index is -1.11. The number of hydrogen-bond donors (Lipinski definition) is 2. The standard InChI is InChI=1S/C32H46N6O7/c1-4-7-11-21-45-32(43)38-18-16-37(17-19-38)31(42)25(14-15-28(39)40)34-30(41)26-23-27(44-22-20-36(5-2)6-3)35-29(33-26)24-12-9-8-10-13-24/h8-10,12-13,23,25H,4-7,11,14-22H2,1-3H3,(H,34,41)(H,39,40)/t25-/m0/s1. The third kappa shape index (κ3) is 11.3. The molecule has 1 aliphatic rings. The first-order chi connectivity index (χ1) is 21.7. The Morgan fingerprint density at radius 2 is 1.64 bits per heavy atom. The Hall–Kier alpha value is -4.26. The first kappa shape index (κ1) is 35.2. The van der Waals surface area contributed by atoms with Crippen LogP contribution >= 0.6 is 0 Å². The Labute approximate surface area is 264 Å². The van der Waals surface area contributed by atoms with Gasteiger partial charge >= 0.3 is 12.1 Å². The van der Waals surface area contributed by atoms with Gasteiger partial charge in [0.05, 0.1) is 6.61 Å². The number of carboxylic acids is 1. The van der Waals surface area contributed by atoms with Crippen LogP contribution in [0, 0.1) is 0 Å². The number of carboxylic acid groups (broad SMARTS) is 1. The summed E-state index contributed by atoms with van der Waals surface area (Å²) in [5.74, 6) is -1.66. The summed E-state index contributed by atoms with van der Waals surface area (Å²) in [6.07, 6.45) is 1.96. The van der Waals surface area contributed by atoms with Gasteiger partial charge in [-0.15, -0.1) is 0 Å². The van der Waals surface area contributed by atoms with Gasteiger partial charge in [-0.3, -0.25) is 14.4 Å². The number of piperazine rings is 1. The molecular formula is C32H46N6O7. The van der Waals surface area contributed by atoms with Crippen LogP contribution in [0.3, 0.4) is 0 Å². The van der Waals surface area contributed by atoms with Crippen LogP contribution in [-0.4, -0.2) is 119 Å². The van der Waals surface area contributed by atoms with Crippen molar-refractivity contribution in [2.75, 3.05) is 59.0 Å². The number of rotatable bonds is 17. The molecule has 2 aromatic rings. The number of nitrogens with one attached hydrogen (secondary N) is 1. The summed E-state index contributed by atoms with van der Waals surface area (Å²) in [5.41, 5.74) is 0.673. The number of carbonyl (C=O) groups is 4. The Bertz CT molecular complexity index is 1250. The SMILES string of the molecule is CCCCCOC(=O)N1CCN(C(=O)[C@H](CCC(=O)O)NC(=O)c2cc(OCCN(CC)CC)nc(-c3ccccc3)n2)CC1. The summed E-state index contributed by atoms with van der Waals surface area (Å²) in [7, 11) is 0. The highest BCUT2D eigenvalue weighted by molar-refractivity contribution is 5.96. The molecule has 2 heterocycles. The number of unbranched alkanes of at least 4 members (excludes halogenated alkanes) is 2. The van der Waals surface area contributed by atoms with Gasteiger partial charge in [-0.2, -0.15) is 4.98 Å². The average molecular weight is 627 g/mol. The van der Waals surface area contributed by atoms with Gasteiger partial charge in [-0.1, -0.05) is 63.9 Å². The minimum absolute atomic E-state index is 0.00884. The van der Waals surface area contributed by atoms with E-state index >= 15 is 0 Å². The molecule has 246 valence electrons. The number of carbonyl (C=O) groups excluding carboxylic acids is 3. The van der Waals surface area contributed by atoms with Crippen molar-refractivity contribution in [3.8, 4) is 17.3 Å². The van der Waals surface area contributed by atoms with E-state index in [0.717, 1.165) is 32.4 Å². The first-order valence-corrected chi connectivity index (χ1v) is 15.8. The summed E-state index contributed by atoms with van der Waals surface area (Å²) in [6, 6.07) is 9.47. The smallest absolute Gasteiger partial charge is 0.409 e. The molecule has 13 nitrogen and oxygen atoms in total. The fraction of sp³-hybridized carbons (Fsp3) is 0.562. The van der Waals surface area contributed by atoms with Crippen LogP contribution in [0.2, 0.25) is 0 Å². The second-order valence-corrected chi connectivity index (χ2v) is 10.7. The zero-order chi connectivity index (χ0) is 32.6. The van der Waals surface area contributed by atoms with Gasteiger partial charge in [-0.25, -0.2) is 9.78 Å². The molecule has 1 saturated heterocycles. The Kier molecular flexibility index (Phi) is 14.5. The van der Waals surface area contributed by atoms with Crippen LogP contribution in [0.4, 0.5) is 4.79 Å². The van der Waals surface area contributed by atoms with Crippen molar-refractivity contribution in [1.29, 1.82) is 0 Å². The lowest BCUT2D eigenvalue weighted by Gasteiger charge is -2.36. The molecule has 1 atom stereocenters. The van der Waals surface area contributed by atoms with E-state index in [0.29, 0.717) is 25.3 Å². The van der Waals surface area contributed by atoms with E-state index in [2.05, 4.69) is 41.0 Å². The summed E-state index contributed by atoms with van der Waals surface area (Å²) in [5, 5.41) is 12.0. The highest BCUT2D eigenvalue weighted by Gasteiger charge is 2.31. The molecule has 45 heavy (non-hydrogen) atoms. The fourth-order valence-electron chi connectivity index (χ4n) is 4.84. The maximum atomic E-state index is 13.5. The fourth-order valence-corrected chi connectivity index (χ4v) is 4.84. The van der Waals surface area contributed by atoms with Crippen LogP contribution in [0.25, 0.3) is 11.4 Å². The number of likely N-dealkylation sites (N-methyl/N-ethyl adjacent to an activating group) is 1. The van der Waals surface area contributed by atoms with Crippen molar-refractivity contribution in [1.82, 2.24) is 30.0 Å². The lowest BCUT2D eigenvalue weighted by Crippen LogP contribution is -2.56. The van der Waals surface area contributed by atoms with Gasteiger partial charge in [0.15, 0.2) is 5.82 Å². The molecule has 0 unspecified atom stereocenters. The molecule has 1 aromatic carbocycles. The quantitative estimate of drug-likeness (QED) is 0.250. The number of hydrogen-bond acceptors (Lipinski definition) is 9. The topological polar surface area (TPSA) is 154 Å². The molecule has 13 heteroatoms. The maximum absolute atomic E-state index is 13.5. The third-order valence-electron chi connectivity index (χ3n) is 7.59. The largest absolute Gasteiger partial charge is 0.481 e. The average Bonchev–Trinajstić information content (AvgIpc) is 3.06. The number of aliphatic carboxylic acids is 1. The normalized spacial score (nSPS) is 13.8. The van der Waals surface area contributed by atoms with Crippen molar-refractivity contribution in [2.45, 2.75) is 58.9 Å². The molecule has 0 saturated carbocycles. The first-order valence-electron chi connectivity index (χ1n) is 15.8. The second-order valence-electron chi connectivity index (χ2n) is 10.7. The van der Waals surface area contributed by atoms with Crippen LogP contribution in [0.1, 0.15) is 63.4 Å². The molecule has 2 N–H and O–H groups in total. The molecule has 0 aliphatic carbocycles. The molecule has 1 aromatic heterocycles. The molecular weight excluding hydrogens is 580 g/mol. The van der Waals surface area contributed by atoms with Gasteiger partial charge in [0, 0.05) is 50.8 Å². The molecule has 1 aliphatic heterocycles. The zero-order valence-corrected chi connectivity index (χ0v) is 26.6. The van der Waals surface area contributed by atoms with E-state index in [4.69, 9.17) is 9.47 Å². The van der Waals surface area contributed by atoms with Crippen LogP contribution in [0.15, 0.2) is 36.4 Å². The predicted octanol–water partition coefficient (Wildman–Crippen LogP) is 3.30. The second kappa shape index (κ2) is 18.5. The lowest BCUT2D eigenvalue weighted by molar-refractivity contribution is -0.138. The van der Waals surface area contributed by atoms with Crippen LogP contribution in [-0.2, 0) is 14.3 Å². The number of nitrogens with zero attached hydrogens (tertiary/aromatic N) is 5. The number of ether oxygens (including phenoxy) is 2. The molecule has 0 spiro atoms. The Morgan fingerprint density at radius 1 is 0.956 bits per heavy atom. The van der Waals surface area contributed by atoms with Gasteiger partial charge in [0.1, 0.15) is 18.3 Å². The monoisotopic (exact) mass is 626 g/mol.